The molecule has 0 spiro atoms. The lowest BCUT2D eigenvalue weighted by Gasteiger charge is -2.21. The van der Waals surface area contributed by atoms with Gasteiger partial charge in [-0.2, -0.15) is 17.5 Å². The number of benzene rings is 2. The van der Waals surface area contributed by atoms with Crippen molar-refractivity contribution in [2.24, 2.45) is 0 Å². The molecule has 158 valence electrons. The summed E-state index contributed by atoms with van der Waals surface area (Å²) in [7, 11) is -4.21. The van der Waals surface area contributed by atoms with Gasteiger partial charge in [0.2, 0.25) is 15.9 Å². The van der Waals surface area contributed by atoms with Crippen molar-refractivity contribution in [1.29, 1.82) is 0 Å². The number of hydrogen-bond acceptors (Lipinski definition) is 3. The minimum atomic E-state index is -4.95. The van der Waals surface area contributed by atoms with Crippen molar-refractivity contribution in [3.8, 4) is 0 Å². The zero-order valence-corrected chi connectivity index (χ0v) is 17.1. The van der Waals surface area contributed by atoms with Crippen LogP contribution in [0.2, 0.25) is 10.0 Å². The summed E-state index contributed by atoms with van der Waals surface area (Å²) in [5, 5.41) is 2.13. The summed E-state index contributed by atoms with van der Waals surface area (Å²) < 4.78 is 78.0. The number of amides is 1. The Kier molecular flexibility index (Phi) is 7.15. The van der Waals surface area contributed by atoms with E-state index in [4.69, 9.17) is 23.2 Å². The Morgan fingerprint density at radius 1 is 1.14 bits per heavy atom. The van der Waals surface area contributed by atoms with Gasteiger partial charge in [-0.25, -0.2) is 12.8 Å². The van der Waals surface area contributed by atoms with Gasteiger partial charge < -0.3 is 5.32 Å². The van der Waals surface area contributed by atoms with E-state index < -0.39 is 40.0 Å². The molecule has 5 nitrogen and oxygen atoms in total. The highest BCUT2D eigenvalue weighted by Crippen LogP contribution is 2.33. The second-order valence-corrected chi connectivity index (χ2v) is 8.50. The van der Waals surface area contributed by atoms with Gasteiger partial charge in [0.15, 0.2) is 0 Å². The fourth-order valence-corrected chi connectivity index (χ4v) is 4.50. The van der Waals surface area contributed by atoms with Crippen molar-refractivity contribution in [1.82, 2.24) is 4.31 Å². The number of hydrogen-bond donors (Lipinski definition) is 1. The van der Waals surface area contributed by atoms with Crippen LogP contribution in [0.1, 0.15) is 12.5 Å². The lowest BCUT2D eigenvalue weighted by atomic mass is 10.2. The van der Waals surface area contributed by atoms with E-state index >= 15 is 0 Å². The number of anilines is 1. The molecule has 0 fully saturated rings. The summed E-state index contributed by atoms with van der Waals surface area (Å²) in [4.78, 5) is 11.9. The van der Waals surface area contributed by atoms with Gasteiger partial charge in [0.1, 0.15) is 10.7 Å². The maximum absolute atomic E-state index is 13.3. The summed E-state index contributed by atoms with van der Waals surface area (Å²) in [6.07, 6.45) is -4.95. The van der Waals surface area contributed by atoms with Gasteiger partial charge in [0.25, 0.3) is 0 Å². The van der Waals surface area contributed by atoms with Crippen LogP contribution in [-0.2, 0) is 21.0 Å². The molecular formula is C17H14Cl2F4N2O3S. The molecule has 2 rings (SSSR count). The van der Waals surface area contributed by atoms with Crippen molar-refractivity contribution in [2.45, 2.75) is 18.0 Å². The fourth-order valence-electron chi connectivity index (χ4n) is 2.36. The van der Waals surface area contributed by atoms with E-state index in [0.717, 1.165) is 16.4 Å². The topological polar surface area (TPSA) is 66.5 Å². The summed E-state index contributed by atoms with van der Waals surface area (Å²) in [6.45, 7) is 0.624. The Hall–Kier alpha value is -1.88. The van der Waals surface area contributed by atoms with E-state index in [1.165, 1.54) is 19.1 Å². The number of alkyl halides is 3. The molecule has 2 aromatic carbocycles. The number of nitrogens with one attached hydrogen (secondary N) is 1. The predicted molar refractivity (Wildman–Crippen MR) is 101 cm³/mol. The Balaban J connectivity index is 2.24. The molecule has 1 amide bonds. The number of halogens is 6. The molecular weight excluding hydrogens is 459 g/mol. The Morgan fingerprint density at radius 3 is 2.38 bits per heavy atom. The van der Waals surface area contributed by atoms with Gasteiger partial charge in [-0.1, -0.05) is 30.1 Å². The molecule has 0 aromatic heterocycles. The first-order valence-electron chi connectivity index (χ1n) is 7.98. The highest BCUT2D eigenvalue weighted by atomic mass is 35.5. The second-order valence-electron chi connectivity index (χ2n) is 5.75. The normalized spacial score (nSPS) is 12.3. The van der Waals surface area contributed by atoms with Gasteiger partial charge in [-0.15, -0.1) is 0 Å². The number of carbonyl (C=O) groups excluding carboxylic acids is 1. The van der Waals surface area contributed by atoms with Crippen LogP contribution in [0.25, 0.3) is 0 Å². The van der Waals surface area contributed by atoms with Crippen molar-refractivity contribution < 1.29 is 30.8 Å². The van der Waals surface area contributed by atoms with Crippen LogP contribution in [0.3, 0.4) is 0 Å². The Labute approximate surface area is 174 Å². The minimum Gasteiger partial charge on any atom is -0.325 e. The molecule has 0 aliphatic carbocycles. The molecule has 1 N–H and O–H groups in total. The van der Waals surface area contributed by atoms with Crippen LogP contribution in [-0.4, -0.2) is 31.7 Å². The number of rotatable bonds is 6. The van der Waals surface area contributed by atoms with Crippen LogP contribution in [0.4, 0.5) is 23.2 Å². The van der Waals surface area contributed by atoms with E-state index in [1.54, 1.807) is 0 Å². The average molecular weight is 473 g/mol. The second kappa shape index (κ2) is 8.86. The largest absolute Gasteiger partial charge is 0.419 e. The standard InChI is InChI=1S/C17H14Cl2F4N2O3S/c1-2-25(29(27,28)15-7-10(18)3-5-13(15)19)9-16(26)24-11-4-6-14(20)12(8-11)17(21,22)23/h3-8H,2,9H2,1H3,(H,24,26). The third kappa shape index (κ3) is 5.59. The fraction of sp³-hybridized carbons (Fsp3) is 0.235. The molecule has 0 aliphatic heterocycles. The van der Waals surface area contributed by atoms with Crippen molar-refractivity contribution >= 4 is 44.8 Å². The van der Waals surface area contributed by atoms with Gasteiger partial charge in [-0.3, -0.25) is 4.79 Å². The smallest absolute Gasteiger partial charge is 0.325 e. The third-order valence-corrected chi connectivity index (χ3v) is 6.38. The first-order chi connectivity index (χ1) is 13.4. The van der Waals surface area contributed by atoms with Gasteiger partial charge in [-0.05, 0) is 36.4 Å². The monoisotopic (exact) mass is 472 g/mol. The zero-order valence-electron chi connectivity index (χ0n) is 14.7. The van der Waals surface area contributed by atoms with Crippen LogP contribution >= 0.6 is 23.2 Å². The highest BCUT2D eigenvalue weighted by molar-refractivity contribution is 7.89. The average Bonchev–Trinajstić information content (AvgIpc) is 2.62. The minimum absolute atomic E-state index is 0.110. The first kappa shape index (κ1) is 23.4. The highest BCUT2D eigenvalue weighted by Gasteiger charge is 2.34. The molecule has 0 unspecified atom stereocenters. The molecule has 0 bridgehead atoms. The predicted octanol–water partition coefficient (Wildman–Crippen LogP) is 4.80. The number of carbonyl (C=O) groups is 1. The summed E-state index contributed by atoms with van der Waals surface area (Å²) in [5.74, 6) is -2.42. The van der Waals surface area contributed by atoms with Crippen LogP contribution in [0.15, 0.2) is 41.3 Å². The maximum Gasteiger partial charge on any atom is 0.419 e. The lowest BCUT2D eigenvalue weighted by Crippen LogP contribution is -2.38. The summed E-state index contributed by atoms with van der Waals surface area (Å²) in [6, 6.07) is 5.70. The Morgan fingerprint density at radius 2 is 1.79 bits per heavy atom. The SMILES string of the molecule is CCN(CC(=O)Nc1ccc(F)c(C(F)(F)F)c1)S(=O)(=O)c1cc(Cl)ccc1Cl. The van der Waals surface area contributed by atoms with Gasteiger partial charge >= 0.3 is 6.18 Å². The van der Waals surface area contributed by atoms with Gasteiger partial charge in [0, 0.05) is 17.3 Å². The molecule has 12 heteroatoms. The van der Waals surface area contributed by atoms with E-state index in [1.807, 2.05) is 0 Å². The molecule has 29 heavy (non-hydrogen) atoms. The van der Waals surface area contributed by atoms with E-state index in [9.17, 15) is 30.8 Å². The van der Waals surface area contributed by atoms with Crippen molar-refractivity contribution in [3.05, 3.63) is 57.8 Å². The molecule has 0 heterocycles. The van der Waals surface area contributed by atoms with E-state index in [-0.39, 0.29) is 27.2 Å². The molecule has 0 saturated carbocycles. The van der Waals surface area contributed by atoms with Crippen molar-refractivity contribution in [2.75, 3.05) is 18.4 Å². The summed E-state index contributed by atoms with van der Waals surface area (Å²) >= 11 is 11.7. The molecule has 0 saturated heterocycles. The summed E-state index contributed by atoms with van der Waals surface area (Å²) in [5.41, 5.74) is -1.89. The number of likely N-dealkylation sites (N-methyl/N-ethyl adjacent to an activating group) is 1. The van der Waals surface area contributed by atoms with E-state index in [0.29, 0.717) is 12.1 Å². The molecule has 0 aliphatic rings. The molecule has 2 aromatic rings. The molecule has 0 atom stereocenters. The lowest BCUT2D eigenvalue weighted by molar-refractivity contribution is -0.140. The third-order valence-electron chi connectivity index (χ3n) is 3.74. The Bertz CT molecular complexity index is 1030. The van der Waals surface area contributed by atoms with Crippen LogP contribution in [0.5, 0.6) is 0 Å². The van der Waals surface area contributed by atoms with E-state index in [2.05, 4.69) is 5.32 Å². The first-order valence-corrected chi connectivity index (χ1v) is 10.2. The quantitative estimate of drug-likeness (QED) is 0.614. The molecule has 0 radical (unpaired) electrons. The van der Waals surface area contributed by atoms with Crippen LogP contribution < -0.4 is 5.32 Å². The van der Waals surface area contributed by atoms with Gasteiger partial charge in [0.05, 0.1) is 17.1 Å². The maximum atomic E-state index is 13.3. The number of nitrogens with zero attached hydrogens (tertiary/aromatic N) is 1. The number of sulfonamides is 1. The van der Waals surface area contributed by atoms with Crippen LogP contribution in [0, 0.1) is 5.82 Å². The zero-order chi connectivity index (χ0) is 22.0. The van der Waals surface area contributed by atoms with Crippen molar-refractivity contribution in [3.63, 3.8) is 0 Å².